The maximum Gasteiger partial charge on any atom is 0.0632 e. The van der Waals surface area contributed by atoms with Crippen LogP contribution >= 0.6 is 23.2 Å². The van der Waals surface area contributed by atoms with E-state index >= 15 is 0 Å². The fourth-order valence-corrected chi connectivity index (χ4v) is 5.45. The molecule has 2 unspecified atom stereocenters. The van der Waals surface area contributed by atoms with Crippen molar-refractivity contribution in [3.63, 3.8) is 0 Å². The molecule has 0 amide bonds. The molecule has 27 heavy (non-hydrogen) atoms. The van der Waals surface area contributed by atoms with E-state index in [9.17, 15) is 5.21 Å². The lowest BCUT2D eigenvalue weighted by molar-refractivity contribution is 0.0464. The summed E-state index contributed by atoms with van der Waals surface area (Å²) in [6, 6.07) is 16.3. The summed E-state index contributed by atoms with van der Waals surface area (Å²) in [5.74, 6) is 0.761. The van der Waals surface area contributed by atoms with Crippen molar-refractivity contribution in [2.75, 3.05) is 14.1 Å². The van der Waals surface area contributed by atoms with E-state index < -0.39 is 0 Å². The van der Waals surface area contributed by atoms with Gasteiger partial charge < -0.3 is 10.1 Å². The molecule has 2 aromatic carbocycles. The van der Waals surface area contributed by atoms with E-state index in [0.717, 1.165) is 35.0 Å². The first-order chi connectivity index (χ1) is 12.9. The Balaban J connectivity index is 1.83. The van der Waals surface area contributed by atoms with Crippen molar-refractivity contribution in [2.45, 2.75) is 36.6 Å². The highest BCUT2D eigenvalue weighted by Gasteiger charge is 2.55. The molecule has 3 saturated carbocycles. The molecule has 0 aliphatic heterocycles. The molecule has 142 valence electrons. The van der Waals surface area contributed by atoms with Gasteiger partial charge in [0.05, 0.1) is 5.71 Å². The fraction of sp³-hybridized carbons (Fsp3) is 0.409. The Morgan fingerprint density at radius 3 is 1.70 bits per heavy atom. The predicted molar refractivity (Wildman–Crippen MR) is 111 cm³/mol. The average molecular weight is 403 g/mol. The molecule has 0 spiro atoms. The van der Waals surface area contributed by atoms with E-state index in [2.05, 4.69) is 48.4 Å². The number of hydrogen-bond donors (Lipinski definition) is 1. The summed E-state index contributed by atoms with van der Waals surface area (Å²) in [5, 5.41) is 15.1. The van der Waals surface area contributed by atoms with Gasteiger partial charge in [0.25, 0.3) is 0 Å². The van der Waals surface area contributed by atoms with Crippen LogP contribution in [0, 0.1) is 5.92 Å². The smallest absolute Gasteiger partial charge is 0.0632 e. The molecule has 2 atom stereocenters. The molecule has 5 heteroatoms. The van der Waals surface area contributed by atoms with Crippen molar-refractivity contribution in [2.24, 2.45) is 11.1 Å². The van der Waals surface area contributed by atoms with Crippen molar-refractivity contribution in [3.05, 3.63) is 69.7 Å². The highest BCUT2D eigenvalue weighted by atomic mass is 35.5. The predicted octanol–water partition coefficient (Wildman–Crippen LogP) is 5.81. The Kier molecular flexibility index (Phi) is 4.96. The van der Waals surface area contributed by atoms with E-state index in [0.29, 0.717) is 11.8 Å². The van der Waals surface area contributed by atoms with Gasteiger partial charge in [-0.05, 0) is 74.2 Å². The van der Waals surface area contributed by atoms with Gasteiger partial charge in [0, 0.05) is 27.9 Å². The van der Waals surface area contributed by atoms with Crippen LogP contribution in [0.5, 0.6) is 0 Å². The van der Waals surface area contributed by atoms with Crippen molar-refractivity contribution < 1.29 is 5.21 Å². The van der Waals surface area contributed by atoms with E-state index in [1.54, 1.807) is 0 Å². The van der Waals surface area contributed by atoms with Crippen LogP contribution in [-0.4, -0.2) is 35.5 Å². The van der Waals surface area contributed by atoms with Gasteiger partial charge >= 0.3 is 0 Å². The van der Waals surface area contributed by atoms with E-state index in [4.69, 9.17) is 23.2 Å². The Morgan fingerprint density at radius 2 is 1.33 bits per heavy atom. The van der Waals surface area contributed by atoms with Crippen LogP contribution in [0.3, 0.4) is 0 Å². The largest absolute Gasteiger partial charge is 0.411 e. The van der Waals surface area contributed by atoms with E-state index in [1.165, 1.54) is 11.1 Å². The Morgan fingerprint density at radius 1 is 0.889 bits per heavy atom. The van der Waals surface area contributed by atoms with Crippen LogP contribution in [0.25, 0.3) is 0 Å². The molecule has 5 rings (SSSR count). The van der Waals surface area contributed by atoms with Crippen LogP contribution in [0.1, 0.15) is 42.2 Å². The van der Waals surface area contributed by atoms with Crippen LogP contribution in [-0.2, 0) is 0 Å². The molecular formula is C22H24Cl2N2O. The Labute approximate surface area is 170 Å². The third-order valence-electron chi connectivity index (χ3n) is 6.64. The van der Waals surface area contributed by atoms with Crippen LogP contribution in [0.4, 0.5) is 0 Å². The zero-order valence-electron chi connectivity index (χ0n) is 15.6. The minimum absolute atomic E-state index is 0.0229. The van der Waals surface area contributed by atoms with Crippen molar-refractivity contribution in [1.29, 1.82) is 0 Å². The van der Waals surface area contributed by atoms with Gasteiger partial charge in [-0.3, -0.25) is 0 Å². The van der Waals surface area contributed by atoms with Gasteiger partial charge in [-0.1, -0.05) is 52.6 Å². The van der Waals surface area contributed by atoms with E-state index in [1.807, 2.05) is 24.3 Å². The molecule has 3 fully saturated rings. The number of oxime groups is 1. The van der Waals surface area contributed by atoms with E-state index in [-0.39, 0.29) is 11.5 Å². The summed E-state index contributed by atoms with van der Waals surface area (Å²) >= 11 is 12.2. The summed E-state index contributed by atoms with van der Waals surface area (Å²) in [6.45, 7) is 0. The van der Waals surface area contributed by atoms with Crippen molar-refractivity contribution in [3.8, 4) is 0 Å². The van der Waals surface area contributed by atoms with Crippen LogP contribution < -0.4 is 0 Å². The number of nitrogens with zero attached hydrogens (tertiary/aromatic N) is 2. The fourth-order valence-electron chi connectivity index (χ4n) is 5.20. The lowest BCUT2D eigenvalue weighted by Crippen LogP contribution is -2.59. The minimum Gasteiger partial charge on any atom is -0.411 e. The summed E-state index contributed by atoms with van der Waals surface area (Å²) in [6.07, 6.45) is 2.92. The number of fused-ring (bicyclic) bond motifs is 3. The topological polar surface area (TPSA) is 35.8 Å². The Bertz CT molecular complexity index is 790. The summed E-state index contributed by atoms with van der Waals surface area (Å²) in [7, 11) is 4.27. The first-order valence-electron chi connectivity index (χ1n) is 9.33. The standard InChI is InChI=1S/C22H24Cl2N2O/c1-26(2)22-11-18(14-3-7-16(23)8-4-14)21(20(13-22)25-27)19(12-22)15-5-9-17(24)10-6-15/h3-10,18-19,21,27H,11-13H2,1-2H3/b25-20+. The van der Waals surface area contributed by atoms with Gasteiger partial charge in [-0.15, -0.1) is 0 Å². The quantitative estimate of drug-likeness (QED) is 0.519. The van der Waals surface area contributed by atoms with Gasteiger partial charge in [0.1, 0.15) is 0 Å². The zero-order chi connectivity index (χ0) is 19.2. The van der Waals surface area contributed by atoms with Gasteiger partial charge in [-0.25, -0.2) is 0 Å². The molecule has 3 aliphatic rings. The average Bonchev–Trinajstić information content (AvgIpc) is 2.68. The normalized spacial score (nSPS) is 31.6. The maximum atomic E-state index is 9.85. The highest BCUT2D eigenvalue weighted by molar-refractivity contribution is 6.30. The molecule has 0 saturated heterocycles. The second-order valence-electron chi connectivity index (χ2n) is 8.14. The Hall–Kier alpha value is -1.55. The lowest BCUT2D eigenvalue weighted by Gasteiger charge is -2.57. The lowest BCUT2D eigenvalue weighted by atomic mass is 9.52. The van der Waals surface area contributed by atoms with Gasteiger partial charge in [0.2, 0.25) is 0 Å². The SMILES string of the molecule is CN(C)C12C/C(=N\O)C(C(c3ccc(Cl)cc3)C1)C(c1ccc(Cl)cc1)C2. The highest BCUT2D eigenvalue weighted by Crippen LogP contribution is 2.58. The molecule has 1 N–H and O–H groups in total. The molecular weight excluding hydrogens is 379 g/mol. The minimum atomic E-state index is -0.0229. The second kappa shape index (κ2) is 7.12. The monoisotopic (exact) mass is 402 g/mol. The second-order valence-corrected chi connectivity index (χ2v) is 9.01. The molecule has 3 nitrogen and oxygen atoms in total. The number of rotatable bonds is 3. The summed E-state index contributed by atoms with van der Waals surface area (Å²) in [5.41, 5.74) is 3.40. The van der Waals surface area contributed by atoms with Crippen molar-refractivity contribution in [1.82, 2.24) is 4.90 Å². The maximum absolute atomic E-state index is 9.85. The number of halogens is 2. The first kappa shape index (κ1) is 18.8. The van der Waals surface area contributed by atoms with Crippen LogP contribution in [0.15, 0.2) is 53.7 Å². The summed E-state index contributed by atoms with van der Waals surface area (Å²) in [4.78, 5) is 2.32. The molecule has 0 aromatic heterocycles. The van der Waals surface area contributed by atoms with Crippen LogP contribution in [0.2, 0.25) is 10.0 Å². The molecule has 0 heterocycles. The molecule has 0 radical (unpaired) electrons. The van der Waals surface area contributed by atoms with Gasteiger partial charge in [-0.2, -0.15) is 0 Å². The third kappa shape index (κ3) is 3.26. The molecule has 3 aliphatic carbocycles. The van der Waals surface area contributed by atoms with Crippen molar-refractivity contribution >= 4 is 28.9 Å². The number of benzene rings is 2. The summed E-state index contributed by atoms with van der Waals surface area (Å²) < 4.78 is 0. The third-order valence-corrected chi connectivity index (χ3v) is 7.14. The zero-order valence-corrected chi connectivity index (χ0v) is 17.1. The molecule has 2 bridgehead atoms. The first-order valence-corrected chi connectivity index (χ1v) is 10.1. The molecule has 2 aromatic rings. The number of hydrogen-bond acceptors (Lipinski definition) is 3. The van der Waals surface area contributed by atoms with Gasteiger partial charge in [0.15, 0.2) is 0 Å².